The lowest BCUT2D eigenvalue weighted by Crippen LogP contribution is -2.08. The van der Waals surface area contributed by atoms with Crippen LogP contribution < -0.4 is 0 Å². The average molecular weight is 564 g/mol. The van der Waals surface area contributed by atoms with Gasteiger partial charge in [0.25, 0.3) is 0 Å². The number of rotatable bonds is 2. The van der Waals surface area contributed by atoms with Crippen molar-refractivity contribution in [2.24, 2.45) is 0 Å². The third-order valence-electron chi connectivity index (χ3n) is 6.06. The van der Waals surface area contributed by atoms with Crippen molar-refractivity contribution in [1.82, 2.24) is 0 Å². The van der Waals surface area contributed by atoms with Crippen LogP contribution >= 0.6 is 0 Å². The summed E-state index contributed by atoms with van der Waals surface area (Å²) in [5.41, 5.74) is -6.65. The van der Waals surface area contributed by atoms with Gasteiger partial charge in [-0.2, -0.15) is 0 Å². The maximum absolute atomic E-state index is 15.2. The zero-order chi connectivity index (χ0) is 28.7. The van der Waals surface area contributed by atoms with E-state index in [0.29, 0.717) is 18.2 Å². The molecule has 5 aromatic carbocycles. The van der Waals surface area contributed by atoms with Crippen LogP contribution in [0, 0.1) is 75.6 Å². The summed E-state index contributed by atoms with van der Waals surface area (Å²) in [6.07, 6.45) is 0. The number of hydrogen-bond acceptors (Lipinski definition) is 0. The van der Waals surface area contributed by atoms with Gasteiger partial charge in [0.15, 0.2) is 46.5 Å². The molecule has 0 radical (unpaired) electrons. The van der Waals surface area contributed by atoms with E-state index in [1.165, 1.54) is 0 Å². The lowest BCUT2D eigenvalue weighted by atomic mass is 9.84. The number of halogens is 13. The van der Waals surface area contributed by atoms with Crippen LogP contribution in [0.2, 0.25) is 0 Å². The predicted molar refractivity (Wildman–Crippen MR) is 112 cm³/mol. The first-order valence-corrected chi connectivity index (χ1v) is 10.4. The van der Waals surface area contributed by atoms with Gasteiger partial charge in [0, 0.05) is 27.3 Å². The molecule has 200 valence electrons. The zero-order valence-electron chi connectivity index (χ0n) is 18.3. The van der Waals surface area contributed by atoms with E-state index < -0.39 is 119 Å². The van der Waals surface area contributed by atoms with Gasteiger partial charge in [-0.05, 0) is 23.6 Å². The highest BCUT2D eigenvalue weighted by Crippen LogP contribution is 2.49. The Bertz CT molecular complexity index is 1830. The minimum atomic E-state index is -2.65. The van der Waals surface area contributed by atoms with Crippen molar-refractivity contribution in [2.75, 3.05) is 0 Å². The predicted octanol–water partition coefficient (Wildman–Crippen LogP) is 9.14. The zero-order valence-corrected chi connectivity index (χ0v) is 18.3. The van der Waals surface area contributed by atoms with E-state index in [4.69, 9.17) is 0 Å². The Morgan fingerprint density at radius 1 is 0.282 bits per heavy atom. The fourth-order valence-electron chi connectivity index (χ4n) is 4.45. The fraction of sp³-hybridized carbons (Fsp3) is 0. The maximum atomic E-state index is 15.2. The Labute approximate surface area is 207 Å². The third kappa shape index (κ3) is 3.48. The van der Waals surface area contributed by atoms with Gasteiger partial charge >= 0.3 is 0 Å². The van der Waals surface area contributed by atoms with Crippen molar-refractivity contribution in [1.29, 1.82) is 0 Å². The Morgan fingerprint density at radius 2 is 0.615 bits per heavy atom. The van der Waals surface area contributed by atoms with Crippen LogP contribution in [0.4, 0.5) is 57.1 Å². The van der Waals surface area contributed by atoms with Crippen LogP contribution in [-0.4, -0.2) is 0 Å². The molecule has 5 aromatic rings. The molecule has 0 aliphatic carbocycles. The van der Waals surface area contributed by atoms with E-state index in [1.807, 2.05) is 0 Å². The summed E-state index contributed by atoms with van der Waals surface area (Å²) in [5.74, 6) is -30.8. The molecule has 5 rings (SSSR count). The highest BCUT2D eigenvalue weighted by molar-refractivity contribution is 6.22. The van der Waals surface area contributed by atoms with Crippen LogP contribution in [0.25, 0.3) is 43.8 Å². The first-order valence-electron chi connectivity index (χ1n) is 10.4. The van der Waals surface area contributed by atoms with Crippen LogP contribution in [0.1, 0.15) is 0 Å². The smallest absolute Gasteiger partial charge is 0.200 e. The topological polar surface area (TPSA) is 0 Å². The van der Waals surface area contributed by atoms with Crippen molar-refractivity contribution in [3.8, 4) is 22.3 Å². The molecule has 0 aliphatic heterocycles. The summed E-state index contributed by atoms with van der Waals surface area (Å²) in [4.78, 5) is 0. The van der Waals surface area contributed by atoms with Gasteiger partial charge in [0.2, 0.25) is 11.6 Å². The van der Waals surface area contributed by atoms with Crippen molar-refractivity contribution >= 4 is 21.5 Å². The largest absolute Gasteiger partial charge is 0.206 e. The second-order valence-electron chi connectivity index (χ2n) is 8.08. The van der Waals surface area contributed by atoms with E-state index in [9.17, 15) is 43.9 Å². The minimum Gasteiger partial charge on any atom is -0.206 e. The Hall–Kier alpha value is -4.29. The van der Waals surface area contributed by atoms with E-state index >= 15 is 13.2 Å². The van der Waals surface area contributed by atoms with E-state index in [2.05, 4.69) is 0 Å². The molecule has 39 heavy (non-hydrogen) atoms. The Kier molecular flexibility index (Phi) is 6.00. The lowest BCUT2D eigenvalue weighted by molar-refractivity contribution is 0.381. The molecule has 0 amide bonds. The molecule has 0 atom stereocenters. The Morgan fingerprint density at radius 3 is 1.05 bits per heavy atom. The van der Waals surface area contributed by atoms with Crippen molar-refractivity contribution in [3.63, 3.8) is 0 Å². The van der Waals surface area contributed by atoms with Crippen LogP contribution in [0.3, 0.4) is 0 Å². The second kappa shape index (κ2) is 8.89. The maximum Gasteiger partial charge on any atom is 0.200 e. The number of hydrogen-bond donors (Lipinski definition) is 0. The molecule has 13 heteroatoms. The summed E-state index contributed by atoms with van der Waals surface area (Å²) >= 11 is 0. The lowest BCUT2D eigenvalue weighted by Gasteiger charge is -2.20. The first kappa shape index (κ1) is 26.3. The summed E-state index contributed by atoms with van der Waals surface area (Å²) < 4.78 is 189. The molecule has 0 nitrogen and oxygen atoms in total. The number of fused-ring (bicyclic) bond motifs is 2. The standard InChI is InChI=1S/C26H5F13/c27-7-3-1-2-6-10(7)14(16-19(32)23(36)26(39)24(37)20(16)33)13-9(29)5-4-8(28)12(13)11(6)15-17(30)21(34)25(38)22(35)18(15)31/h1-5H. The van der Waals surface area contributed by atoms with Gasteiger partial charge in [0.1, 0.15) is 17.5 Å². The van der Waals surface area contributed by atoms with Gasteiger partial charge in [0.05, 0.1) is 11.1 Å². The monoisotopic (exact) mass is 564 g/mol. The fourth-order valence-corrected chi connectivity index (χ4v) is 4.45. The van der Waals surface area contributed by atoms with Crippen LogP contribution in [0.5, 0.6) is 0 Å². The molecule has 0 saturated carbocycles. The third-order valence-corrected chi connectivity index (χ3v) is 6.06. The molecule has 0 unspecified atom stereocenters. The molecule has 0 fully saturated rings. The van der Waals surface area contributed by atoms with Gasteiger partial charge in [-0.15, -0.1) is 0 Å². The van der Waals surface area contributed by atoms with E-state index in [-0.39, 0.29) is 6.07 Å². The normalized spacial score (nSPS) is 11.7. The van der Waals surface area contributed by atoms with Gasteiger partial charge in [-0.1, -0.05) is 12.1 Å². The number of benzene rings is 5. The summed E-state index contributed by atoms with van der Waals surface area (Å²) in [6.45, 7) is 0. The van der Waals surface area contributed by atoms with Crippen molar-refractivity contribution in [2.45, 2.75) is 0 Å². The second-order valence-corrected chi connectivity index (χ2v) is 8.08. The molecular weight excluding hydrogens is 559 g/mol. The van der Waals surface area contributed by atoms with E-state index in [0.717, 1.165) is 6.07 Å². The van der Waals surface area contributed by atoms with E-state index in [1.54, 1.807) is 0 Å². The minimum absolute atomic E-state index is 0.266. The molecule has 0 heterocycles. The molecular formula is C26H5F13. The molecule has 0 aliphatic rings. The van der Waals surface area contributed by atoms with Gasteiger partial charge < -0.3 is 0 Å². The van der Waals surface area contributed by atoms with Gasteiger partial charge in [-0.25, -0.2) is 57.1 Å². The molecule has 0 N–H and O–H groups in total. The summed E-state index contributed by atoms with van der Waals surface area (Å²) in [6, 6.07) is 2.51. The summed E-state index contributed by atoms with van der Waals surface area (Å²) in [7, 11) is 0. The Balaban J connectivity index is 2.20. The molecule has 0 saturated heterocycles. The highest BCUT2D eigenvalue weighted by atomic mass is 19.2. The molecule has 0 aromatic heterocycles. The average Bonchev–Trinajstić information content (AvgIpc) is 2.91. The van der Waals surface area contributed by atoms with Crippen LogP contribution in [0.15, 0.2) is 30.3 Å². The van der Waals surface area contributed by atoms with Crippen molar-refractivity contribution < 1.29 is 57.1 Å². The molecule has 0 bridgehead atoms. The quantitative estimate of drug-likeness (QED) is 0.0869. The molecule has 0 spiro atoms. The first-order chi connectivity index (χ1) is 18.3. The van der Waals surface area contributed by atoms with Gasteiger partial charge in [-0.3, -0.25) is 0 Å². The van der Waals surface area contributed by atoms with Crippen molar-refractivity contribution in [3.05, 3.63) is 106 Å². The van der Waals surface area contributed by atoms with Crippen LogP contribution in [-0.2, 0) is 0 Å². The SMILES string of the molecule is Fc1c(F)c(F)c(-c2c3cccc(F)c3c(-c3c(F)c(F)c(F)c(F)c3F)c3c(F)ccc(F)c23)c(F)c1F. The highest BCUT2D eigenvalue weighted by Gasteiger charge is 2.35. The summed E-state index contributed by atoms with van der Waals surface area (Å²) in [5, 5.41) is -5.18.